The van der Waals surface area contributed by atoms with Gasteiger partial charge in [0.05, 0.1) is 17.6 Å². The molecule has 3 aromatic heterocycles. The van der Waals surface area contributed by atoms with Crippen LogP contribution in [0.2, 0.25) is 0 Å². The maximum Gasteiger partial charge on any atom is 0.419 e. The van der Waals surface area contributed by atoms with Crippen LogP contribution in [0.5, 0.6) is 0 Å². The minimum absolute atomic E-state index is 0.0801. The van der Waals surface area contributed by atoms with Gasteiger partial charge in [-0.15, -0.1) is 0 Å². The van der Waals surface area contributed by atoms with Gasteiger partial charge >= 0.3 is 6.09 Å². The summed E-state index contributed by atoms with van der Waals surface area (Å²) in [6.45, 7) is 9.53. The topological polar surface area (TPSA) is 101 Å². The van der Waals surface area contributed by atoms with Crippen molar-refractivity contribution in [2.45, 2.75) is 64.3 Å². The molecule has 1 aromatic carbocycles. The first-order chi connectivity index (χ1) is 21.3. The van der Waals surface area contributed by atoms with Gasteiger partial charge in [-0.1, -0.05) is 25.1 Å². The van der Waals surface area contributed by atoms with Crippen molar-refractivity contribution in [2.24, 2.45) is 0 Å². The number of nitrogens with zero attached hydrogens (tertiary/aromatic N) is 5. The summed E-state index contributed by atoms with van der Waals surface area (Å²) in [6.07, 6.45) is 3.32. The number of anilines is 1. The summed E-state index contributed by atoms with van der Waals surface area (Å²) in [5.41, 5.74) is 3.85. The normalized spacial score (nSPS) is 18.0. The predicted octanol–water partition coefficient (Wildman–Crippen LogP) is 6.17. The number of fused-ring (bicyclic) bond motifs is 2. The molecule has 1 fully saturated rings. The molecule has 236 valence electrons. The maximum absolute atomic E-state index is 14.0. The van der Waals surface area contributed by atoms with Crippen LogP contribution >= 0.6 is 0 Å². The van der Waals surface area contributed by atoms with Gasteiger partial charge in [-0.2, -0.15) is 0 Å². The van der Waals surface area contributed by atoms with Crippen LogP contribution in [-0.2, 0) is 21.4 Å². The lowest BCUT2D eigenvalue weighted by Crippen LogP contribution is -2.41. The molecule has 0 spiro atoms. The number of ether oxygens (including phenoxy) is 2. The van der Waals surface area contributed by atoms with E-state index >= 15 is 0 Å². The second kappa shape index (κ2) is 11.5. The standard InChI is InChI=1S/C34H39FN6O4/c1-33(2,3)45-32(43)41-30(38-27-11-10-24(25(37-27)20-39(5)6)34(4)13-16-44-17-14-34)29-22(8-7-9-23(29)31(41)42)26-19-36-28-18-21(35)12-15-40(26)28/h7-12,15,18-19,30H,13-14,16-17,20H2,1-6H3,(H,37,38). The Morgan fingerprint density at radius 3 is 2.60 bits per heavy atom. The highest BCUT2D eigenvalue weighted by atomic mass is 19.1. The van der Waals surface area contributed by atoms with Crippen LogP contribution in [0.1, 0.15) is 73.9 Å². The summed E-state index contributed by atoms with van der Waals surface area (Å²) in [6, 6.07) is 12.0. The van der Waals surface area contributed by atoms with Crippen molar-refractivity contribution in [1.29, 1.82) is 0 Å². The van der Waals surface area contributed by atoms with Crippen molar-refractivity contribution >= 4 is 23.5 Å². The van der Waals surface area contributed by atoms with Crippen LogP contribution in [0.25, 0.3) is 16.9 Å². The molecule has 2 aliphatic heterocycles. The van der Waals surface area contributed by atoms with Gasteiger partial charge in [-0.05, 0) is 76.9 Å². The Kier molecular flexibility index (Phi) is 7.86. The summed E-state index contributed by atoms with van der Waals surface area (Å²) in [7, 11) is 4.00. The number of hydrogen-bond donors (Lipinski definition) is 1. The average Bonchev–Trinajstić information content (AvgIpc) is 3.50. The first-order valence-corrected chi connectivity index (χ1v) is 15.2. The first-order valence-electron chi connectivity index (χ1n) is 15.2. The van der Waals surface area contributed by atoms with Crippen molar-refractivity contribution in [3.8, 4) is 11.3 Å². The van der Waals surface area contributed by atoms with E-state index in [1.165, 1.54) is 12.1 Å². The zero-order valence-corrected chi connectivity index (χ0v) is 26.6. The van der Waals surface area contributed by atoms with Crippen molar-refractivity contribution in [2.75, 3.05) is 32.6 Å². The smallest absolute Gasteiger partial charge is 0.419 e. The minimum Gasteiger partial charge on any atom is -0.443 e. The van der Waals surface area contributed by atoms with Gasteiger partial charge in [-0.3, -0.25) is 9.20 Å². The predicted molar refractivity (Wildman–Crippen MR) is 168 cm³/mol. The quantitative estimate of drug-likeness (QED) is 0.275. The van der Waals surface area contributed by atoms with Gasteiger partial charge in [0.25, 0.3) is 5.91 Å². The van der Waals surface area contributed by atoms with Crippen molar-refractivity contribution in [3.05, 3.63) is 83.1 Å². The third-order valence-corrected chi connectivity index (χ3v) is 8.40. The third-order valence-electron chi connectivity index (χ3n) is 8.40. The third kappa shape index (κ3) is 5.89. The molecular weight excluding hydrogens is 575 g/mol. The SMILES string of the molecule is CN(C)Cc1nc(NC2c3c(cccc3-c3cnc4cc(F)ccn34)C(=O)N2C(=O)OC(C)(C)C)ccc1C1(C)CCOCC1. The van der Waals surface area contributed by atoms with Crippen molar-refractivity contribution in [1.82, 2.24) is 24.2 Å². The molecule has 0 bridgehead atoms. The summed E-state index contributed by atoms with van der Waals surface area (Å²) in [5, 5.41) is 3.42. The molecule has 4 aromatic rings. The van der Waals surface area contributed by atoms with E-state index in [1.807, 2.05) is 26.2 Å². The highest BCUT2D eigenvalue weighted by Crippen LogP contribution is 2.42. The van der Waals surface area contributed by atoms with E-state index in [9.17, 15) is 14.0 Å². The fourth-order valence-corrected chi connectivity index (χ4v) is 6.22. The second-order valence-corrected chi connectivity index (χ2v) is 13.3. The van der Waals surface area contributed by atoms with Crippen molar-refractivity contribution in [3.63, 3.8) is 0 Å². The first kappa shape index (κ1) is 30.7. The molecule has 5 heterocycles. The molecule has 0 saturated carbocycles. The van der Waals surface area contributed by atoms with Crippen LogP contribution in [-0.4, -0.2) is 69.1 Å². The number of imide groups is 1. The van der Waals surface area contributed by atoms with E-state index in [1.54, 1.807) is 49.7 Å². The van der Waals surface area contributed by atoms with Crippen LogP contribution in [0.4, 0.5) is 15.0 Å². The molecule has 0 radical (unpaired) electrons. The number of imidazole rings is 1. The molecular formula is C34H39FN6O4. The molecule has 2 amide bonds. The number of nitrogens with one attached hydrogen (secondary N) is 1. The zero-order valence-electron chi connectivity index (χ0n) is 26.6. The van der Waals surface area contributed by atoms with Crippen molar-refractivity contribution < 1.29 is 23.5 Å². The number of carbonyl (C=O) groups is 2. The molecule has 10 nitrogen and oxygen atoms in total. The largest absolute Gasteiger partial charge is 0.443 e. The molecule has 2 aliphatic rings. The molecule has 45 heavy (non-hydrogen) atoms. The fraction of sp³-hybridized carbons (Fsp3) is 0.412. The molecule has 1 N–H and O–H groups in total. The van der Waals surface area contributed by atoms with E-state index in [2.05, 4.69) is 28.2 Å². The average molecular weight is 615 g/mol. The van der Waals surface area contributed by atoms with E-state index in [0.717, 1.165) is 29.0 Å². The highest BCUT2D eigenvalue weighted by molar-refractivity contribution is 6.09. The van der Waals surface area contributed by atoms with E-state index < -0.39 is 29.6 Å². The molecule has 1 unspecified atom stereocenters. The van der Waals surface area contributed by atoms with Crippen LogP contribution in [0, 0.1) is 5.82 Å². The minimum atomic E-state index is -0.936. The number of rotatable bonds is 6. The summed E-state index contributed by atoms with van der Waals surface area (Å²) in [4.78, 5) is 40.3. The van der Waals surface area contributed by atoms with Gasteiger partial charge < -0.3 is 19.7 Å². The highest BCUT2D eigenvalue weighted by Gasteiger charge is 2.45. The Morgan fingerprint density at radius 2 is 1.89 bits per heavy atom. The molecule has 1 atom stereocenters. The van der Waals surface area contributed by atoms with E-state index in [4.69, 9.17) is 14.5 Å². The lowest BCUT2D eigenvalue weighted by molar-refractivity contribution is 0.0208. The number of amides is 2. The van der Waals surface area contributed by atoms with Crippen LogP contribution in [0.15, 0.2) is 54.9 Å². The Morgan fingerprint density at radius 1 is 1.16 bits per heavy atom. The van der Waals surface area contributed by atoms with Gasteiger partial charge in [-0.25, -0.2) is 24.1 Å². The van der Waals surface area contributed by atoms with Crippen LogP contribution < -0.4 is 5.32 Å². The lowest BCUT2D eigenvalue weighted by atomic mass is 9.75. The Bertz CT molecular complexity index is 1770. The number of aromatic nitrogens is 3. The maximum atomic E-state index is 14.0. The number of pyridine rings is 2. The Hall–Kier alpha value is -4.35. The fourth-order valence-electron chi connectivity index (χ4n) is 6.22. The molecule has 1 saturated heterocycles. The monoisotopic (exact) mass is 614 g/mol. The summed E-state index contributed by atoms with van der Waals surface area (Å²) < 4.78 is 27.1. The molecule has 6 rings (SSSR count). The van der Waals surface area contributed by atoms with Gasteiger partial charge in [0.1, 0.15) is 29.0 Å². The number of halogens is 1. The Labute approximate surface area is 262 Å². The summed E-state index contributed by atoms with van der Waals surface area (Å²) >= 11 is 0. The second-order valence-electron chi connectivity index (χ2n) is 13.3. The zero-order chi connectivity index (χ0) is 32.1. The van der Waals surface area contributed by atoms with Crippen LogP contribution in [0.3, 0.4) is 0 Å². The number of carbonyl (C=O) groups excluding carboxylic acids is 2. The van der Waals surface area contributed by atoms with E-state index in [0.29, 0.717) is 53.6 Å². The number of hydrogen-bond acceptors (Lipinski definition) is 8. The van der Waals surface area contributed by atoms with E-state index in [-0.39, 0.29) is 5.41 Å². The lowest BCUT2D eigenvalue weighted by Gasteiger charge is -2.36. The molecule has 0 aliphatic carbocycles. The van der Waals surface area contributed by atoms with Gasteiger partial charge in [0.15, 0.2) is 0 Å². The molecule has 11 heteroatoms. The van der Waals surface area contributed by atoms with Gasteiger partial charge in [0.2, 0.25) is 0 Å². The Balaban J connectivity index is 1.47. The summed E-state index contributed by atoms with van der Waals surface area (Å²) in [5.74, 6) is -0.375. The van der Waals surface area contributed by atoms with Gasteiger partial charge in [0, 0.05) is 48.7 Å². The number of benzene rings is 1.